The molecule has 0 aliphatic carbocycles. The molecular formula is C17H18N4O6S. The first-order valence-corrected chi connectivity index (χ1v) is 9.76. The van der Waals surface area contributed by atoms with Crippen molar-refractivity contribution in [1.82, 2.24) is 4.31 Å². The topological polar surface area (TPSA) is 134 Å². The molecule has 0 bridgehead atoms. The molecule has 0 atom stereocenters. The number of hydrogen-bond acceptors (Lipinski definition) is 8. The van der Waals surface area contributed by atoms with Gasteiger partial charge in [0.05, 0.1) is 30.0 Å². The minimum Gasteiger partial charge on any atom is -0.508 e. The zero-order valence-electron chi connectivity index (χ0n) is 14.7. The summed E-state index contributed by atoms with van der Waals surface area (Å²) in [4.78, 5) is 10.2. The van der Waals surface area contributed by atoms with Gasteiger partial charge >= 0.3 is 0 Å². The van der Waals surface area contributed by atoms with Gasteiger partial charge in [0.2, 0.25) is 10.0 Å². The summed E-state index contributed by atoms with van der Waals surface area (Å²) in [6.45, 7) is 0.855. The average molecular weight is 406 g/mol. The zero-order chi connectivity index (χ0) is 20.1. The standard InChI is InChI=1S/C17H18N4O6S/c22-15-4-1-13(2-5-15)12-18-19-16-6-3-14(21(23)24)11-17(16)28(25,26)20-7-9-27-10-8-20/h1-6,11-12,19,22H,7-10H2. The smallest absolute Gasteiger partial charge is 0.270 e. The third-order valence-electron chi connectivity index (χ3n) is 4.06. The largest absolute Gasteiger partial charge is 0.508 e. The lowest BCUT2D eigenvalue weighted by Gasteiger charge is -2.26. The number of non-ortho nitro benzene ring substituents is 1. The van der Waals surface area contributed by atoms with Gasteiger partial charge in [0, 0.05) is 25.2 Å². The van der Waals surface area contributed by atoms with Gasteiger partial charge in [-0.2, -0.15) is 9.41 Å². The van der Waals surface area contributed by atoms with Crippen LogP contribution in [0.25, 0.3) is 0 Å². The van der Waals surface area contributed by atoms with Crippen LogP contribution in [0.3, 0.4) is 0 Å². The molecule has 0 spiro atoms. The Morgan fingerprint density at radius 3 is 2.50 bits per heavy atom. The molecule has 10 nitrogen and oxygen atoms in total. The van der Waals surface area contributed by atoms with E-state index < -0.39 is 14.9 Å². The van der Waals surface area contributed by atoms with Crippen molar-refractivity contribution in [2.24, 2.45) is 5.10 Å². The van der Waals surface area contributed by atoms with Gasteiger partial charge in [0.1, 0.15) is 10.6 Å². The van der Waals surface area contributed by atoms with Crippen LogP contribution in [0.5, 0.6) is 5.75 Å². The third kappa shape index (κ3) is 4.44. The van der Waals surface area contributed by atoms with E-state index in [-0.39, 0.29) is 48.3 Å². The van der Waals surface area contributed by atoms with Crippen molar-refractivity contribution in [2.45, 2.75) is 4.90 Å². The van der Waals surface area contributed by atoms with Crippen molar-refractivity contribution in [2.75, 3.05) is 31.7 Å². The van der Waals surface area contributed by atoms with E-state index in [9.17, 15) is 23.6 Å². The van der Waals surface area contributed by atoms with E-state index in [0.29, 0.717) is 5.56 Å². The molecule has 0 amide bonds. The van der Waals surface area contributed by atoms with E-state index >= 15 is 0 Å². The van der Waals surface area contributed by atoms with Crippen LogP contribution in [0.15, 0.2) is 52.5 Å². The molecule has 1 heterocycles. The first-order chi connectivity index (χ1) is 13.4. The molecule has 0 unspecified atom stereocenters. The number of nitro groups is 1. The first kappa shape index (κ1) is 19.7. The molecule has 3 rings (SSSR count). The Hall–Kier alpha value is -3.02. The second-order valence-electron chi connectivity index (χ2n) is 5.92. The maximum atomic E-state index is 13.0. The second-order valence-corrected chi connectivity index (χ2v) is 7.82. The number of phenols is 1. The highest BCUT2D eigenvalue weighted by molar-refractivity contribution is 7.89. The van der Waals surface area contributed by atoms with E-state index in [1.165, 1.54) is 34.8 Å². The van der Waals surface area contributed by atoms with Crippen molar-refractivity contribution >= 4 is 27.6 Å². The minimum absolute atomic E-state index is 0.111. The molecule has 1 aliphatic rings. The Morgan fingerprint density at radius 2 is 1.86 bits per heavy atom. The number of morpholine rings is 1. The van der Waals surface area contributed by atoms with Crippen molar-refractivity contribution in [1.29, 1.82) is 0 Å². The van der Waals surface area contributed by atoms with Crippen molar-refractivity contribution in [3.63, 3.8) is 0 Å². The minimum atomic E-state index is -3.97. The van der Waals surface area contributed by atoms with E-state index in [0.717, 1.165) is 6.07 Å². The number of ether oxygens (including phenoxy) is 1. The number of hydrogen-bond donors (Lipinski definition) is 2. The van der Waals surface area contributed by atoms with Gasteiger partial charge in [-0.05, 0) is 35.9 Å². The fourth-order valence-corrected chi connectivity index (χ4v) is 4.16. The Balaban J connectivity index is 1.91. The third-order valence-corrected chi connectivity index (χ3v) is 5.99. The highest BCUT2D eigenvalue weighted by atomic mass is 32.2. The van der Waals surface area contributed by atoms with Crippen LogP contribution in [0.1, 0.15) is 5.56 Å². The average Bonchev–Trinajstić information content (AvgIpc) is 2.70. The molecule has 1 aliphatic heterocycles. The van der Waals surface area contributed by atoms with Crippen molar-refractivity contribution < 1.29 is 23.2 Å². The fraction of sp³-hybridized carbons (Fsp3) is 0.235. The summed E-state index contributed by atoms with van der Waals surface area (Å²) in [5.41, 5.74) is 3.09. The number of benzene rings is 2. The lowest BCUT2D eigenvalue weighted by Crippen LogP contribution is -2.40. The second kappa shape index (κ2) is 8.33. The molecule has 2 aromatic carbocycles. The molecule has 2 N–H and O–H groups in total. The van der Waals surface area contributed by atoms with Crippen molar-refractivity contribution in [3.8, 4) is 5.75 Å². The number of nitrogens with zero attached hydrogens (tertiary/aromatic N) is 3. The highest BCUT2D eigenvalue weighted by Crippen LogP contribution is 2.29. The van der Waals surface area contributed by atoms with Crippen LogP contribution >= 0.6 is 0 Å². The summed E-state index contributed by atoms with van der Waals surface area (Å²) < 4.78 is 32.4. The molecule has 1 fully saturated rings. The van der Waals surface area contributed by atoms with E-state index in [1.807, 2.05) is 0 Å². The summed E-state index contributed by atoms with van der Waals surface area (Å²) in [7, 11) is -3.97. The van der Waals surface area contributed by atoms with Gasteiger partial charge in [-0.1, -0.05) is 0 Å². The van der Waals surface area contributed by atoms with Crippen LogP contribution < -0.4 is 5.43 Å². The Labute approximate surface area is 161 Å². The molecule has 1 saturated heterocycles. The molecule has 0 saturated carbocycles. The number of rotatable bonds is 6. The number of sulfonamides is 1. The quantitative estimate of drug-likeness (QED) is 0.424. The zero-order valence-corrected chi connectivity index (χ0v) is 15.5. The number of nitro benzene ring substituents is 1. The maximum Gasteiger partial charge on any atom is 0.270 e. The van der Waals surface area contributed by atoms with Gasteiger partial charge in [-0.15, -0.1) is 0 Å². The van der Waals surface area contributed by atoms with Gasteiger partial charge < -0.3 is 9.84 Å². The van der Waals surface area contributed by atoms with Crippen LogP contribution in [0.2, 0.25) is 0 Å². The molecule has 11 heteroatoms. The summed E-state index contributed by atoms with van der Waals surface area (Å²) in [5.74, 6) is 0.111. The van der Waals surface area contributed by atoms with E-state index in [4.69, 9.17) is 4.74 Å². The lowest BCUT2D eigenvalue weighted by atomic mass is 10.2. The Kier molecular flexibility index (Phi) is 5.87. The normalized spacial score (nSPS) is 15.6. The van der Waals surface area contributed by atoms with Crippen LogP contribution in [0.4, 0.5) is 11.4 Å². The fourth-order valence-electron chi connectivity index (χ4n) is 2.59. The Morgan fingerprint density at radius 1 is 1.18 bits per heavy atom. The molecule has 2 aromatic rings. The Bertz CT molecular complexity index is 985. The number of phenolic OH excluding ortho intramolecular Hbond substituents is 1. The molecule has 28 heavy (non-hydrogen) atoms. The first-order valence-electron chi connectivity index (χ1n) is 8.32. The highest BCUT2D eigenvalue weighted by Gasteiger charge is 2.30. The van der Waals surface area contributed by atoms with E-state index in [2.05, 4.69) is 10.5 Å². The number of aromatic hydroxyl groups is 1. The molecular weight excluding hydrogens is 388 g/mol. The summed E-state index contributed by atoms with van der Waals surface area (Å²) >= 11 is 0. The summed E-state index contributed by atoms with van der Waals surface area (Å²) in [6.07, 6.45) is 1.44. The monoisotopic (exact) mass is 406 g/mol. The van der Waals surface area contributed by atoms with Gasteiger partial charge in [0.15, 0.2) is 0 Å². The SMILES string of the molecule is O=[N+]([O-])c1ccc(NN=Cc2ccc(O)cc2)c(S(=O)(=O)N2CCOCC2)c1. The predicted molar refractivity (Wildman–Crippen MR) is 102 cm³/mol. The predicted octanol–water partition coefficient (Wildman–Crippen LogP) is 1.77. The van der Waals surface area contributed by atoms with Crippen LogP contribution in [-0.4, -0.2) is 55.3 Å². The van der Waals surface area contributed by atoms with E-state index in [1.54, 1.807) is 12.1 Å². The summed E-state index contributed by atoms with van der Waals surface area (Å²) in [6, 6.07) is 9.76. The van der Waals surface area contributed by atoms with Gasteiger partial charge in [-0.3, -0.25) is 15.5 Å². The number of anilines is 1. The van der Waals surface area contributed by atoms with Crippen LogP contribution in [0, 0.1) is 10.1 Å². The molecule has 148 valence electrons. The van der Waals surface area contributed by atoms with Gasteiger partial charge in [-0.25, -0.2) is 8.42 Å². The summed E-state index contributed by atoms with van der Waals surface area (Å²) in [5, 5.41) is 24.4. The molecule has 0 radical (unpaired) electrons. The maximum absolute atomic E-state index is 13.0. The van der Waals surface area contributed by atoms with Crippen LogP contribution in [-0.2, 0) is 14.8 Å². The lowest BCUT2D eigenvalue weighted by molar-refractivity contribution is -0.385. The number of nitrogens with one attached hydrogen (secondary N) is 1. The van der Waals surface area contributed by atoms with Crippen molar-refractivity contribution in [3.05, 3.63) is 58.1 Å². The number of hydrazone groups is 1. The van der Waals surface area contributed by atoms with Gasteiger partial charge in [0.25, 0.3) is 5.69 Å². The molecule has 0 aromatic heterocycles.